The van der Waals surface area contributed by atoms with Crippen LogP contribution in [0.15, 0.2) is 10.3 Å². The van der Waals surface area contributed by atoms with Gasteiger partial charge in [0.25, 0.3) is 0 Å². The number of thiophene rings is 1. The first-order valence-corrected chi connectivity index (χ1v) is 8.74. The second kappa shape index (κ2) is 6.69. The summed E-state index contributed by atoms with van der Waals surface area (Å²) < 4.78 is 32.1. The van der Waals surface area contributed by atoms with Crippen LogP contribution in [0, 0.1) is 12.8 Å². The third-order valence-electron chi connectivity index (χ3n) is 2.74. The van der Waals surface area contributed by atoms with Crippen LogP contribution in [0.5, 0.6) is 0 Å². The first-order chi connectivity index (χ1) is 9.19. The van der Waals surface area contributed by atoms with E-state index >= 15 is 0 Å². The number of nitrogens with one attached hydrogen (secondary N) is 1. The summed E-state index contributed by atoms with van der Waals surface area (Å²) in [6.07, 6.45) is 0.732. The maximum atomic E-state index is 12.4. The van der Waals surface area contributed by atoms with Gasteiger partial charge in [0, 0.05) is 6.04 Å². The van der Waals surface area contributed by atoms with Crippen LogP contribution in [0.3, 0.4) is 0 Å². The molecule has 0 aromatic carbocycles. The van der Waals surface area contributed by atoms with Crippen molar-refractivity contribution in [3.05, 3.63) is 15.8 Å². The number of ether oxygens (including phenoxy) is 1. The first-order valence-electron chi connectivity index (χ1n) is 6.37. The Balaban J connectivity index is 3.10. The first kappa shape index (κ1) is 17.1. The lowest BCUT2D eigenvalue weighted by molar-refractivity contribution is 0.0602. The maximum Gasteiger partial charge on any atom is 0.349 e. The molecule has 20 heavy (non-hydrogen) atoms. The summed E-state index contributed by atoms with van der Waals surface area (Å²) in [6.45, 7) is 7.54. The molecule has 1 unspecified atom stereocenters. The molecule has 0 fully saturated rings. The predicted molar refractivity (Wildman–Crippen MR) is 79.6 cm³/mol. The zero-order valence-electron chi connectivity index (χ0n) is 12.4. The minimum absolute atomic E-state index is 0.0324. The highest BCUT2D eigenvalue weighted by atomic mass is 32.2. The van der Waals surface area contributed by atoms with Crippen molar-refractivity contribution in [3.8, 4) is 0 Å². The average molecular weight is 319 g/mol. The van der Waals surface area contributed by atoms with Crippen molar-refractivity contribution < 1.29 is 17.9 Å². The lowest BCUT2D eigenvalue weighted by Gasteiger charge is -2.16. The molecule has 0 aliphatic carbocycles. The number of carbonyl (C=O) groups excluding carboxylic acids is 1. The van der Waals surface area contributed by atoms with Crippen molar-refractivity contribution in [1.29, 1.82) is 0 Å². The number of aryl methyl sites for hydroxylation is 1. The van der Waals surface area contributed by atoms with Gasteiger partial charge in [-0.25, -0.2) is 17.9 Å². The molecule has 1 aromatic rings. The Kier molecular flexibility index (Phi) is 5.73. The average Bonchev–Trinajstić information content (AvgIpc) is 2.68. The van der Waals surface area contributed by atoms with Gasteiger partial charge in [0.05, 0.1) is 7.11 Å². The van der Waals surface area contributed by atoms with Gasteiger partial charge in [0.15, 0.2) is 0 Å². The lowest BCUT2D eigenvalue weighted by atomic mass is 10.1. The van der Waals surface area contributed by atoms with E-state index in [0.717, 1.165) is 17.8 Å². The van der Waals surface area contributed by atoms with Crippen LogP contribution in [0.25, 0.3) is 0 Å². The van der Waals surface area contributed by atoms with Crippen molar-refractivity contribution >= 4 is 27.3 Å². The molecular weight excluding hydrogens is 298 g/mol. The monoisotopic (exact) mass is 319 g/mol. The molecule has 0 saturated carbocycles. The van der Waals surface area contributed by atoms with Crippen LogP contribution in [-0.2, 0) is 14.8 Å². The zero-order valence-corrected chi connectivity index (χ0v) is 14.0. The van der Waals surface area contributed by atoms with E-state index in [2.05, 4.69) is 9.46 Å². The number of rotatable bonds is 6. The highest BCUT2D eigenvalue weighted by Gasteiger charge is 2.28. The molecular formula is C13H21NO4S2. The summed E-state index contributed by atoms with van der Waals surface area (Å²) in [5.41, 5.74) is 0.555. The number of esters is 1. The van der Waals surface area contributed by atoms with Crippen molar-refractivity contribution in [2.75, 3.05) is 7.11 Å². The van der Waals surface area contributed by atoms with Gasteiger partial charge in [-0.1, -0.05) is 13.8 Å². The van der Waals surface area contributed by atoms with E-state index in [4.69, 9.17) is 0 Å². The summed E-state index contributed by atoms with van der Waals surface area (Å²) in [7, 11) is -2.48. The Labute approximate surface area is 124 Å². The largest absolute Gasteiger partial charge is 0.465 e. The molecule has 1 heterocycles. The Morgan fingerprint density at radius 3 is 2.50 bits per heavy atom. The Hall–Kier alpha value is -0.920. The third-order valence-corrected chi connectivity index (χ3v) is 5.72. The molecule has 1 rings (SSSR count). The van der Waals surface area contributed by atoms with Crippen LogP contribution in [-0.4, -0.2) is 27.5 Å². The summed E-state index contributed by atoms with van der Waals surface area (Å²) in [4.78, 5) is 11.8. The fourth-order valence-electron chi connectivity index (χ4n) is 2.08. The number of hydrogen-bond acceptors (Lipinski definition) is 5. The van der Waals surface area contributed by atoms with Gasteiger partial charge in [0.1, 0.15) is 9.77 Å². The molecule has 0 amide bonds. The maximum absolute atomic E-state index is 12.4. The fraction of sp³-hybridized carbons (Fsp3) is 0.615. The van der Waals surface area contributed by atoms with Crippen molar-refractivity contribution in [2.45, 2.75) is 45.1 Å². The summed E-state index contributed by atoms with van der Waals surface area (Å²) in [5.74, 6) is -0.240. The van der Waals surface area contributed by atoms with Crippen molar-refractivity contribution in [1.82, 2.24) is 4.72 Å². The topological polar surface area (TPSA) is 72.5 Å². The Morgan fingerprint density at radius 2 is 2.00 bits per heavy atom. The van der Waals surface area contributed by atoms with Crippen molar-refractivity contribution in [3.63, 3.8) is 0 Å². The van der Waals surface area contributed by atoms with E-state index in [1.807, 2.05) is 20.8 Å². The van der Waals surface area contributed by atoms with Gasteiger partial charge in [-0.15, -0.1) is 11.3 Å². The second-order valence-electron chi connectivity index (χ2n) is 5.22. The predicted octanol–water partition coefficient (Wildman–Crippen LogP) is 2.56. The van der Waals surface area contributed by atoms with E-state index < -0.39 is 16.0 Å². The van der Waals surface area contributed by atoms with Gasteiger partial charge < -0.3 is 4.74 Å². The van der Waals surface area contributed by atoms with Crippen LogP contribution >= 0.6 is 11.3 Å². The van der Waals surface area contributed by atoms with Gasteiger partial charge in [-0.3, -0.25) is 0 Å². The summed E-state index contributed by atoms with van der Waals surface area (Å²) in [5, 5.41) is 1.65. The second-order valence-corrected chi connectivity index (χ2v) is 7.75. The van der Waals surface area contributed by atoms with Gasteiger partial charge >= 0.3 is 5.97 Å². The van der Waals surface area contributed by atoms with E-state index in [-0.39, 0.29) is 15.8 Å². The van der Waals surface area contributed by atoms with E-state index in [1.165, 1.54) is 7.11 Å². The molecule has 114 valence electrons. The molecule has 0 aliphatic rings. The molecule has 1 N–H and O–H groups in total. The molecule has 0 spiro atoms. The SMILES string of the molecule is COC(=O)c1scc(C)c1S(=O)(=O)NC(C)CC(C)C. The van der Waals surface area contributed by atoms with Crippen LogP contribution < -0.4 is 4.72 Å². The quantitative estimate of drug-likeness (QED) is 0.818. The molecule has 1 atom stereocenters. The van der Waals surface area contributed by atoms with E-state index in [9.17, 15) is 13.2 Å². The highest BCUT2D eigenvalue weighted by molar-refractivity contribution is 7.89. The third kappa shape index (κ3) is 4.04. The summed E-state index contributed by atoms with van der Waals surface area (Å²) in [6, 6.07) is -0.190. The molecule has 0 radical (unpaired) electrons. The number of carbonyl (C=O) groups is 1. The Bertz CT molecular complexity index is 575. The van der Waals surface area contributed by atoms with E-state index in [1.54, 1.807) is 12.3 Å². The molecule has 0 bridgehead atoms. The lowest BCUT2D eigenvalue weighted by Crippen LogP contribution is -2.34. The molecule has 5 nitrogen and oxygen atoms in total. The highest BCUT2D eigenvalue weighted by Crippen LogP contribution is 2.27. The number of sulfonamides is 1. The van der Waals surface area contributed by atoms with Gasteiger partial charge in [0.2, 0.25) is 10.0 Å². The fourth-order valence-corrected chi connectivity index (χ4v) is 5.04. The van der Waals surface area contributed by atoms with Crippen LogP contribution in [0.4, 0.5) is 0 Å². The van der Waals surface area contributed by atoms with Crippen LogP contribution in [0.2, 0.25) is 0 Å². The smallest absolute Gasteiger partial charge is 0.349 e. The zero-order chi connectivity index (χ0) is 15.5. The molecule has 7 heteroatoms. The van der Waals surface area contributed by atoms with Gasteiger partial charge in [-0.05, 0) is 37.1 Å². The molecule has 1 aromatic heterocycles. The van der Waals surface area contributed by atoms with E-state index in [0.29, 0.717) is 11.5 Å². The summed E-state index contributed by atoms with van der Waals surface area (Å²) >= 11 is 1.08. The van der Waals surface area contributed by atoms with Gasteiger partial charge in [-0.2, -0.15) is 0 Å². The standard InChI is InChI=1S/C13H21NO4S2/c1-8(2)6-10(4)14-20(16,17)12-9(3)7-19-11(12)13(15)18-5/h7-8,10,14H,6H2,1-5H3. The Morgan fingerprint density at radius 1 is 1.40 bits per heavy atom. The molecule has 0 saturated heterocycles. The molecule has 0 aliphatic heterocycles. The number of hydrogen-bond donors (Lipinski definition) is 1. The van der Waals surface area contributed by atoms with Crippen molar-refractivity contribution in [2.24, 2.45) is 5.92 Å². The minimum Gasteiger partial charge on any atom is -0.465 e. The number of methoxy groups -OCH3 is 1. The normalized spacial score (nSPS) is 13.5. The van der Waals surface area contributed by atoms with Crippen LogP contribution in [0.1, 0.15) is 42.4 Å². The minimum atomic E-state index is -3.72.